The largest absolute Gasteiger partial charge is 0.402 e. The van der Waals surface area contributed by atoms with Crippen molar-refractivity contribution in [1.82, 2.24) is 0 Å². The number of allylic oxidation sites excluding steroid dienone is 9. The molecule has 0 saturated heterocycles. The molecule has 0 spiro atoms. The molecule has 16 heavy (non-hydrogen) atoms. The minimum Gasteiger partial charge on any atom is -0.402 e. The van der Waals surface area contributed by atoms with E-state index in [4.69, 9.17) is 5.73 Å². The highest BCUT2D eigenvalue weighted by atomic mass is 14.6. The molecule has 0 heterocycles. The van der Waals surface area contributed by atoms with E-state index in [1.54, 1.807) is 0 Å². The Morgan fingerprint density at radius 2 is 1.88 bits per heavy atom. The van der Waals surface area contributed by atoms with Gasteiger partial charge in [-0.05, 0) is 23.6 Å². The van der Waals surface area contributed by atoms with Crippen LogP contribution in [0, 0.1) is 5.41 Å². The molecule has 2 aliphatic rings. The number of hydrogen-bond acceptors (Lipinski definition) is 1. The van der Waals surface area contributed by atoms with Crippen LogP contribution in [-0.4, -0.2) is 0 Å². The van der Waals surface area contributed by atoms with E-state index >= 15 is 0 Å². The first-order valence-corrected chi connectivity index (χ1v) is 5.88. The molecule has 0 aromatic heterocycles. The minimum absolute atomic E-state index is 0.184. The van der Waals surface area contributed by atoms with Crippen LogP contribution < -0.4 is 5.73 Å². The molecule has 1 unspecified atom stereocenters. The van der Waals surface area contributed by atoms with Gasteiger partial charge in [0.15, 0.2) is 0 Å². The van der Waals surface area contributed by atoms with Crippen molar-refractivity contribution in [3.05, 3.63) is 59.4 Å². The van der Waals surface area contributed by atoms with Gasteiger partial charge in [0.1, 0.15) is 0 Å². The Morgan fingerprint density at radius 1 is 1.19 bits per heavy atom. The molecule has 0 aromatic rings. The molecular weight excluding hydrogens is 194 g/mol. The molecule has 0 saturated carbocycles. The van der Waals surface area contributed by atoms with Crippen LogP contribution in [0.5, 0.6) is 0 Å². The second-order valence-electron chi connectivity index (χ2n) is 4.75. The summed E-state index contributed by atoms with van der Waals surface area (Å²) < 4.78 is 0. The number of rotatable bonds is 1. The fourth-order valence-electron chi connectivity index (χ4n) is 1.87. The van der Waals surface area contributed by atoms with E-state index in [-0.39, 0.29) is 5.41 Å². The van der Waals surface area contributed by atoms with E-state index in [0.29, 0.717) is 0 Å². The fourth-order valence-corrected chi connectivity index (χ4v) is 1.87. The van der Waals surface area contributed by atoms with Gasteiger partial charge in [-0.3, -0.25) is 0 Å². The van der Waals surface area contributed by atoms with Crippen molar-refractivity contribution in [2.45, 2.75) is 26.7 Å². The lowest BCUT2D eigenvalue weighted by Crippen LogP contribution is -2.06. The molecule has 84 valence electrons. The Morgan fingerprint density at radius 3 is 2.56 bits per heavy atom. The van der Waals surface area contributed by atoms with Crippen LogP contribution >= 0.6 is 0 Å². The molecular formula is C15H19N. The molecule has 0 fully saturated rings. The highest BCUT2D eigenvalue weighted by Gasteiger charge is 2.17. The summed E-state index contributed by atoms with van der Waals surface area (Å²) in [6.45, 7) is 4.48. The fraction of sp³-hybridized carbons (Fsp3) is 0.333. The van der Waals surface area contributed by atoms with Crippen LogP contribution in [0.4, 0.5) is 0 Å². The average Bonchev–Trinajstić information content (AvgIpc) is 2.55. The molecule has 0 radical (unpaired) electrons. The summed E-state index contributed by atoms with van der Waals surface area (Å²) in [6.07, 6.45) is 17.3. The quantitative estimate of drug-likeness (QED) is 0.707. The molecule has 2 N–H and O–H groups in total. The van der Waals surface area contributed by atoms with E-state index in [1.165, 1.54) is 11.1 Å². The van der Waals surface area contributed by atoms with E-state index in [2.05, 4.69) is 50.3 Å². The predicted molar refractivity (Wildman–Crippen MR) is 69.7 cm³/mol. The summed E-state index contributed by atoms with van der Waals surface area (Å²) in [5, 5.41) is 0. The topological polar surface area (TPSA) is 26.0 Å². The van der Waals surface area contributed by atoms with Crippen LogP contribution in [0.25, 0.3) is 0 Å². The highest BCUT2D eigenvalue weighted by Crippen LogP contribution is 2.32. The van der Waals surface area contributed by atoms with E-state index in [9.17, 15) is 0 Å². The third-order valence-corrected chi connectivity index (χ3v) is 3.42. The molecule has 0 aromatic carbocycles. The number of fused-ring (bicyclic) bond motifs is 1. The van der Waals surface area contributed by atoms with Gasteiger partial charge in [0.25, 0.3) is 0 Å². The summed E-state index contributed by atoms with van der Waals surface area (Å²) in [6, 6.07) is 0. The summed E-state index contributed by atoms with van der Waals surface area (Å²) in [4.78, 5) is 0. The monoisotopic (exact) mass is 213 g/mol. The minimum atomic E-state index is 0.184. The SMILES string of the molecule is CCC1(C)C=CC2=CC=C(N)CC=C2C=C1. The first-order valence-electron chi connectivity index (χ1n) is 5.88. The maximum atomic E-state index is 5.83. The maximum Gasteiger partial charge on any atom is 0.0119 e. The lowest BCUT2D eigenvalue weighted by atomic mass is 9.87. The van der Waals surface area contributed by atoms with Gasteiger partial charge >= 0.3 is 0 Å². The summed E-state index contributed by atoms with van der Waals surface area (Å²) in [5.74, 6) is 0. The van der Waals surface area contributed by atoms with Crippen LogP contribution in [0.3, 0.4) is 0 Å². The van der Waals surface area contributed by atoms with Gasteiger partial charge in [0, 0.05) is 17.5 Å². The molecule has 1 atom stereocenters. The Labute approximate surface area is 97.7 Å². The molecule has 1 nitrogen and oxygen atoms in total. The standard InChI is InChI=1S/C15H19N/c1-3-15(2)10-8-12-4-6-14(16)7-5-13(12)9-11-15/h4-6,8-11H,3,7,16H2,1-2H3. The van der Waals surface area contributed by atoms with Crippen molar-refractivity contribution >= 4 is 0 Å². The molecule has 0 aliphatic heterocycles. The zero-order chi connectivity index (χ0) is 11.6. The first kappa shape index (κ1) is 11.0. The zero-order valence-corrected chi connectivity index (χ0v) is 10.0. The number of hydrogen-bond donors (Lipinski definition) is 1. The molecule has 1 heteroatoms. The normalized spacial score (nSPS) is 28.5. The van der Waals surface area contributed by atoms with Gasteiger partial charge in [-0.25, -0.2) is 0 Å². The maximum absolute atomic E-state index is 5.83. The summed E-state index contributed by atoms with van der Waals surface area (Å²) in [5.41, 5.74) is 9.48. The third kappa shape index (κ3) is 2.19. The second kappa shape index (κ2) is 4.17. The van der Waals surface area contributed by atoms with Gasteiger partial charge in [-0.1, -0.05) is 50.3 Å². The van der Waals surface area contributed by atoms with Gasteiger partial charge in [-0.2, -0.15) is 0 Å². The van der Waals surface area contributed by atoms with Crippen LogP contribution in [-0.2, 0) is 0 Å². The average molecular weight is 213 g/mol. The summed E-state index contributed by atoms with van der Waals surface area (Å²) >= 11 is 0. The van der Waals surface area contributed by atoms with Gasteiger partial charge in [0.2, 0.25) is 0 Å². The number of nitrogens with two attached hydrogens (primary N) is 1. The van der Waals surface area contributed by atoms with Crippen molar-refractivity contribution in [3.63, 3.8) is 0 Å². The smallest absolute Gasteiger partial charge is 0.0119 e. The summed E-state index contributed by atoms with van der Waals surface area (Å²) in [7, 11) is 0. The van der Waals surface area contributed by atoms with Crippen molar-refractivity contribution < 1.29 is 0 Å². The van der Waals surface area contributed by atoms with E-state index in [0.717, 1.165) is 18.5 Å². The predicted octanol–water partition coefficient (Wildman–Crippen LogP) is 3.63. The van der Waals surface area contributed by atoms with E-state index < -0.39 is 0 Å². The van der Waals surface area contributed by atoms with Gasteiger partial charge < -0.3 is 5.73 Å². The van der Waals surface area contributed by atoms with Crippen LogP contribution in [0.1, 0.15) is 26.7 Å². The Bertz CT molecular complexity index is 432. The van der Waals surface area contributed by atoms with Crippen molar-refractivity contribution in [3.8, 4) is 0 Å². The highest BCUT2D eigenvalue weighted by molar-refractivity contribution is 5.52. The Hall–Kier alpha value is -1.50. The first-order chi connectivity index (χ1) is 7.63. The Balaban J connectivity index is 2.41. The van der Waals surface area contributed by atoms with Crippen molar-refractivity contribution in [2.24, 2.45) is 11.1 Å². The van der Waals surface area contributed by atoms with Gasteiger partial charge in [-0.15, -0.1) is 0 Å². The molecule has 2 aliphatic carbocycles. The second-order valence-corrected chi connectivity index (χ2v) is 4.75. The lowest BCUT2D eigenvalue weighted by molar-refractivity contribution is 0.531. The van der Waals surface area contributed by atoms with Crippen LogP contribution in [0.2, 0.25) is 0 Å². The third-order valence-electron chi connectivity index (χ3n) is 3.42. The molecule has 0 bridgehead atoms. The lowest BCUT2D eigenvalue weighted by Gasteiger charge is -2.17. The van der Waals surface area contributed by atoms with Crippen molar-refractivity contribution in [2.75, 3.05) is 0 Å². The van der Waals surface area contributed by atoms with Crippen LogP contribution in [0.15, 0.2) is 59.4 Å². The van der Waals surface area contributed by atoms with E-state index in [1.807, 2.05) is 6.08 Å². The molecule has 0 amide bonds. The molecule has 2 rings (SSSR count). The van der Waals surface area contributed by atoms with Crippen molar-refractivity contribution in [1.29, 1.82) is 0 Å². The van der Waals surface area contributed by atoms with Gasteiger partial charge in [0.05, 0.1) is 0 Å². The Kier molecular flexibility index (Phi) is 2.86. The zero-order valence-electron chi connectivity index (χ0n) is 10.0.